The van der Waals surface area contributed by atoms with Crippen molar-refractivity contribution < 1.29 is 0 Å². The average Bonchev–Trinajstić information content (AvgIpc) is 2.65. The van der Waals surface area contributed by atoms with Crippen LogP contribution in [0.3, 0.4) is 0 Å². The van der Waals surface area contributed by atoms with Gasteiger partial charge in [-0.3, -0.25) is 4.90 Å². The molecule has 2 heteroatoms. The van der Waals surface area contributed by atoms with Gasteiger partial charge in [-0.1, -0.05) is 12.1 Å². The fourth-order valence-corrected chi connectivity index (χ4v) is 2.98. The largest absolute Gasteiger partial charge is 0.330 e. The zero-order chi connectivity index (χ0) is 12.6. The van der Waals surface area contributed by atoms with E-state index in [9.17, 15) is 0 Å². The molecule has 0 saturated carbocycles. The molecule has 1 saturated heterocycles. The number of likely N-dealkylation sites (tertiary alicyclic amines) is 1. The minimum Gasteiger partial charge on any atom is -0.330 e. The predicted molar refractivity (Wildman–Crippen MR) is 73.2 cm³/mol. The first-order valence-electron chi connectivity index (χ1n) is 6.51. The van der Waals surface area contributed by atoms with E-state index in [4.69, 9.17) is 5.73 Å². The highest BCUT2D eigenvalue weighted by Crippen LogP contribution is 2.36. The zero-order valence-electron chi connectivity index (χ0n) is 11.5. The van der Waals surface area contributed by atoms with E-state index >= 15 is 0 Å². The minimum atomic E-state index is 0.558. The Morgan fingerprint density at radius 1 is 1.18 bits per heavy atom. The Kier molecular flexibility index (Phi) is 3.55. The lowest BCUT2D eigenvalue weighted by Gasteiger charge is -2.22. The molecule has 2 atom stereocenters. The molecule has 2 unspecified atom stereocenters. The van der Waals surface area contributed by atoms with E-state index < -0.39 is 0 Å². The first-order valence-corrected chi connectivity index (χ1v) is 6.51. The third-order valence-corrected chi connectivity index (χ3v) is 4.21. The fourth-order valence-electron chi connectivity index (χ4n) is 2.98. The van der Waals surface area contributed by atoms with Gasteiger partial charge >= 0.3 is 0 Å². The minimum absolute atomic E-state index is 0.558. The molecule has 1 aromatic rings. The molecular weight excluding hydrogens is 208 g/mol. The van der Waals surface area contributed by atoms with Crippen molar-refractivity contribution in [3.8, 4) is 0 Å². The van der Waals surface area contributed by atoms with Gasteiger partial charge in [-0.05, 0) is 69.0 Å². The lowest BCUT2D eigenvalue weighted by atomic mass is 9.93. The SMILES string of the molecule is Cc1cc(C)c(C2CC(CN)CN2C)cc1C. The Hall–Kier alpha value is -0.860. The number of nitrogens with zero attached hydrogens (tertiary/aromatic N) is 1. The Labute approximate surface area is 105 Å². The lowest BCUT2D eigenvalue weighted by molar-refractivity contribution is 0.313. The molecule has 0 aromatic heterocycles. The Bertz CT molecular complexity index is 412. The maximum absolute atomic E-state index is 5.80. The number of benzene rings is 1. The second-order valence-electron chi connectivity index (χ2n) is 5.59. The number of aryl methyl sites for hydroxylation is 3. The first-order chi connectivity index (χ1) is 8.02. The van der Waals surface area contributed by atoms with Crippen LogP contribution in [-0.4, -0.2) is 25.0 Å². The molecule has 17 heavy (non-hydrogen) atoms. The summed E-state index contributed by atoms with van der Waals surface area (Å²) in [5.74, 6) is 0.658. The Balaban J connectivity index is 2.31. The van der Waals surface area contributed by atoms with Gasteiger partial charge in [0.05, 0.1) is 0 Å². The van der Waals surface area contributed by atoms with Gasteiger partial charge in [0.25, 0.3) is 0 Å². The molecule has 0 bridgehead atoms. The summed E-state index contributed by atoms with van der Waals surface area (Å²) in [7, 11) is 2.22. The summed E-state index contributed by atoms with van der Waals surface area (Å²) >= 11 is 0. The van der Waals surface area contributed by atoms with E-state index in [0.717, 1.165) is 13.1 Å². The summed E-state index contributed by atoms with van der Waals surface area (Å²) in [5, 5.41) is 0. The highest BCUT2D eigenvalue weighted by Gasteiger charge is 2.30. The molecule has 1 heterocycles. The van der Waals surface area contributed by atoms with Crippen LogP contribution in [0.5, 0.6) is 0 Å². The van der Waals surface area contributed by atoms with Crippen molar-refractivity contribution in [2.75, 3.05) is 20.1 Å². The van der Waals surface area contributed by atoms with Crippen LogP contribution < -0.4 is 5.73 Å². The lowest BCUT2D eigenvalue weighted by Crippen LogP contribution is -2.21. The van der Waals surface area contributed by atoms with Crippen molar-refractivity contribution in [2.45, 2.75) is 33.2 Å². The van der Waals surface area contributed by atoms with Crippen molar-refractivity contribution >= 4 is 0 Å². The molecule has 94 valence electrons. The molecular formula is C15H24N2. The maximum Gasteiger partial charge on any atom is 0.0351 e. The zero-order valence-corrected chi connectivity index (χ0v) is 11.5. The highest BCUT2D eigenvalue weighted by molar-refractivity contribution is 5.38. The van der Waals surface area contributed by atoms with Crippen molar-refractivity contribution in [3.05, 3.63) is 34.4 Å². The quantitative estimate of drug-likeness (QED) is 0.849. The van der Waals surface area contributed by atoms with Crippen LogP contribution >= 0.6 is 0 Å². The van der Waals surface area contributed by atoms with Gasteiger partial charge < -0.3 is 5.73 Å². The third kappa shape index (κ3) is 2.38. The number of hydrogen-bond acceptors (Lipinski definition) is 2. The van der Waals surface area contributed by atoms with Crippen molar-refractivity contribution in [2.24, 2.45) is 11.7 Å². The van der Waals surface area contributed by atoms with E-state index in [1.807, 2.05) is 0 Å². The van der Waals surface area contributed by atoms with Gasteiger partial charge in [-0.25, -0.2) is 0 Å². The molecule has 1 aromatic carbocycles. The normalized spacial score (nSPS) is 25.5. The van der Waals surface area contributed by atoms with Crippen molar-refractivity contribution in [1.82, 2.24) is 4.90 Å². The molecule has 0 spiro atoms. The molecule has 1 aliphatic rings. The van der Waals surface area contributed by atoms with Crippen LogP contribution in [-0.2, 0) is 0 Å². The summed E-state index contributed by atoms with van der Waals surface area (Å²) in [6.07, 6.45) is 1.20. The monoisotopic (exact) mass is 232 g/mol. The second kappa shape index (κ2) is 4.79. The number of nitrogens with two attached hydrogens (primary N) is 1. The summed E-state index contributed by atoms with van der Waals surface area (Å²) < 4.78 is 0. The summed E-state index contributed by atoms with van der Waals surface area (Å²) in [4.78, 5) is 2.45. The van der Waals surface area contributed by atoms with Crippen molar-refractivity contribution in [1.29, 1.82) is 0 Å². The molecule has 2 N–H and O–H groups in total. The number of rotatable bonds is 2. The van der Waals surface area contributed by atoms with E-state index in [1.54, 1.807) is 0 Å². The fraction of sp³-hybridized carbons (Fsp3) is 0.600. The molecule has 0 radical (unpaired) electrons. The van der Waals surface area contributed by atoms with Crippen LogP contribution in [0.1, 0.15) is 34.7 Å². The van der Waals surface area contributed by atoms with Crippen LogP contribution in [0.2, 0.25) is 0 Å². The summed E-state index contributed by atoms with van der Waals surface area (Å²) in [5.41, 5.74) is 11.5. The third-order valence-electron chi connectivity index (χ3n) is 4.21. The van der Waals surface area contributed by atoms with Gasteiger partial charge in [0.15, 0.2) is 0 Å². The van der Waals surface area contributed by atoms with E-state index in [1.165, 1.54) is 28.7 Å². The highest BCUT2D eigenvalue weighted by atomic mass is 15.2. The predicted octanol–water partition coefficient (Wildman–Crippen LogP) is 2.56. The molecule has 1 fully saturated rings. The average molecular weight is 232 g/mol. The smallest absolute Gasteiger partial charge is 0.0351 e. The molecule has 1 aliphatic heterocycles. The number of hydrogen-bond donors (Lipinski definition) is 1. The van der Waals surface area contributed by atoms with Crippen LogP contribution in [0.4, 0.5) is 0 Å². The van der Waals surface area contributed by atoms with Gasteiger partial charge in [0.1, 0.15) is 0 Å². The van der Waals surface area contributed by atoms with Crippen LogP contribution in [0.25, 0.3) is 0 Å². The summed E-state index contributed by atoms with van der Waals surface area (Å²) in [6.45, 7) is 8.56. The Morgan fingerprint density at radius 2 is 1.82 bits per heavy atom. The topological polar surface area (TPSA) is 29.3 Å². The van der Waals surface area contributed by atoms with E-state index in [0.29, 0.717) is 12.0 Å². The molecule has 0 aliphatic carbocycles. The van der Waals surface area contributed by atoms with Gasteiger partial charge in [-0.2, -0.15) is 0 Å². The van der Waals surface area contributed by atoms with Gasteiger partial charge in [-0.15, -0.1) is 0 Å². The Morgan fingerprint density at radius 3 is 2.41 bits per heavy atom. The molecule has 2 rings (SSSR count). The summed E-state index contributed by atoms with van der Waals surface area (Å²) in [6, 6.07) is 5.24. The molecule has 0 amide bonds. The van der Waals surface area contributed by atoms with E-state index in [2.05, 4.69) is 44.9 Å². The standard InChI is InChI=1S/C15H24N2/c1-10-5-12(3)14(6-11(10)2)15-7-13(8-16)9-17(15)4/h5-6,13,15H,7-9,16H2,1-4H3. The van der Waals surface area contributed by atoms with Crippen LogP contribution in [0, 0.1) is 26.7 Å². The van der Waals surface area contributed by atoms with Crippen molar-refractivity contribution in [3.63, 3.8) is 0 Å². The van der Waals surface area contributed by atoms with Crippen LogP contribution in [0.15, 0.2) is 12.1 Å². The second-order valence-corrected chi connectivity index (χ2v) is 5.59. The van der Waals surface area contributed by atoms with E-state index in [-0.39, 0.29) is 0 Å². The first kappa shape index (κ1) is 12.6. The van der Waals surface area contributed by atoms with Gasteiger partial charge in [0.2, 0.25) is 0 Å². The van der Waals surface area contributed by atoms with Gasteiger partial charge in [0, 0.05) is 12.6 Å². The maximum atomic E-state index is 5.80. The molecule has 2 nitrogen and oxygen atoms in total.